The second-order valence-electron chi connectivity index (χ2n) is 5.50. The molecule has 0 spiro atoms. The zero-order valence-electron chi connectivity index (χ0n) is 11.5. The number of hydrogen-bond acceptors (Lipinski definition) is 0. The number of halogens is 1. The Labute approximate surface area is 114 Å². The molecule has 1 aliphatic rings. The summed E-state index contributed by atoms with van der Waals surface area (Å²) in [4.78, 5) is 0. The molecule has 98 valence electrons. The molecule has 19 heavy (non-hydrogen) atoms. The number of rotatable bonds is 2. The first-order valence-electron chi connectivity index (χ1n) is 7.06. The van der Waals surface area contributed by atoms with Gasteiger partial charge in [-0.15, -0.1) is 0 Å². The van der Waals surface area contributed by atoms with Crippen LogP contribution in [0.25, 0.3) is 11.1 Å². The predicted octanol–water partition coefficient (Wildman–Crippen LogP) is 5.18. The largest absolute Gasteiger partial charge is 0.242 e. The summed E-state index contributed by atoms with van der Waals surface area (Å²) in [6.07, 6.45) is 1.86. The topological polar surface area (TPSA) is 0 Å². The Morgan fingerprint density at radius 3 is 2.68 bits per heavy atom. The molecule has 0 radical (unpaired) electrons. The minimum atomic E-state index is -0.862. The van der Waals surface area contributed by atoms with Gasteiger partial charge in [0.15, 0.2) is 0 Å². The molecule has 0 N–H and O–H groups in total. The van der Waals surface area contributed by atoms with Gasteiger partial charge in [-0.2, -0.15) is 0 Å². The average Bonchev–Trinajstić information content (AvgIpc) is 2.39. The first-order chi connectivity index (χ1) is 9.19. The molecular formula is C18H19F. The van der Waals surface area contributed by atoms with E-state index in [2.05, 4.69) is 37.3 Å². The number of fused-ring (bicyclic) bond motifs is 3. The van der Waals surface area contributed by atoms with Crippen LogP contribution in [0.15, 0.2) is 36.4 Å². The minimum Gasteiger partial charge on any atom is -0.242 e. The summed E-state index contributed by atoms with van der Waals surface area (Å²) in [6.45, 7) is 4.20. The summed E-state index contributed by atoms with van der Waals surface area (Å²) in [5, 5.41) is 0. The molecule has 0 saturated heterocycles. The Hall–Kier alpha value is -1.63. The molecule has 0 fully saturated rings. The summed E-state index contributed by atoms with van der Waals surface area (Å²) < 4.78 is 14.4. The Morgan fingerprint density at radius 1 is 1.11 bits per heavy atom. The molecule has 1 heteroatoms. The van der Waals surface area contributed by atoms with Crippen molar-refractivity contribution in [2.75, 3.05) is 0 Å². The molecule has 0 saturated carbocycles. The zero-order valence-corrected chi connectivity index (χ0v) is 11.5. The maximum Gasteiger partial charge on any atom is 0.130 e. The fraction of sp³-hybridized carbons (Fsp3) is 0.333. The highest BCUT2D eigenvalue weighted by molar-refractivity contribution is 5.74. The van der Waals surface area contributed by atoms with Crippen LogP contribution in [0.3, 0.4) is 0 Å². The van der Waals surface area contributed by atoms with Gasteiger partial charge in [0, 0.05) is 6.42 Å². The van der Waals surface area contributed by atoms with Crippen LogP contribution in [-0.2, 0) is 12.8 Å². The quantitative estimate of drug-likeness (QED) is 0.692. The second kappa shape index (κ2) is 4.80. The Balaban J connectivity index is 2.12. The van der Waals surface area contributed by atoms with Crippen molar-refractivity contribution >= 4 is 0 Å². The first kappa shape index (κ1) is 12.4. The normalized spacial score (nSPS) is 16.9. The smallest absolute Gasteiger partial charge is 0.130 e. The molecule has 2 aromatic carbocycles. The standard InChI is InChI=1S/C18H19F/c1-3-4-13-6-8-15-14(10-13)11-18(19)17-9-12(2)5-7-16(15)17/h5-10,18H,3-4,11H2,1-2H3. The van der Waals surface area contributed by atoms with Crippen LogP contribution in [0.1, 0.15) is 41.8 Å². The van der Waals surface area contributed by atoms with Crippen LogP contribution in [0, 0.1) is 6.92 Å². The van der Waals surface area contributed by atoms with E-state index in [4.69, 9.17) is 0 Å². The van der Waals surface area contributed by atoms with Gasteiger partial charge < -0.3 is 0 Å². The van der Waals surface area contributed by atoms with Crippen molar-refractivity contribution in [1.82, 2.24) is 0 Å². The minimum absolute atomic E-state index is 0.517. The Kier molecular flexibility index (Phi) is 3.14. The van der Waals surface area contributed by atoms with E-state index in [1.54, 1.807) is 0 Å². The van der Waals surface area contributed by atoms with Crippen LogP contribution in [0.4, 0.5) is 4.39 Å². The molecule has 1 atom stereocenters. The van der Waals surface area contributed by atoms with E-state index >= 15 is 0 Å². The lowest BCUT2D eigenvalue weighted by molar-refractivity contribution is 0.340. The van der Waals surface area contributed by atoms with Crippen LogP contribution in [0.5, 0.6) is 0 Å². The van der Waals surface area contributed by atoms with Crippen LogP contribution in [0.2, 0.25) is 0 Å². The van der Waals surface area contributed by atoms with Gasteiger partial charge in [0.1, 0.15) is 6.17 Å². The molecule has 1 aliphatic carbocycles. The highest BCUT2D eigenvalue weighted by Crippen LogP contribution is 2.41. The fourth-order valence-corrected chi connectivity index (χ4v) is 3.01. The lowest BCUT2D eigenvalue weighted by Crippen LogP contribution is -2.08. The van der Waals surface area contributed by atoms with E-state index in [0.29, 0.717) is 6.42 Å². The molecule has 3 rings (SSSR count). The van der Waals surface area contributed by atoms with Crippen molar-refractivity contribution in [1.29, 1.82) is 0 Å². The molecular weight excluding hydrogens is 235 g/mol. The number of aryl methyl sites for hydroxylation is 2. The third-order valence-electron chi connectivity index (χ3n) is 3.94. The van der Waals surface area contributed by atoms with Crippen molar-refractivity contribution < 1.29 is 4.39 Å². The molecule has 0 nitrogen and oxygen atoms in total. The van der Waals surface area contributed by atoms with Crippen LogP contribution >= 0.6 is 0 Å². The Bertz CT molecular complexity index is 613. The van der Waals surface area contributed by atoms with E-state index in [0.717, 1.165) is 35.1 Å². The maximum atomic E-state index is 14.4. The summed E-state index contributed by atoms with van der Waals surface area (Å²) in [5.74, 6) is 0. The highest BCUT2D eigenvalue weighted by atomic mass is 19.1. The molecule has 0 bridgehead atoms. The van der Waals surface area contributed by atoms with Gasteiger partial charge in [-0.1, -0.05) is 55.3 Å². The van der Waals surface area contributed by atoms with E-state index in [1.165, 1.54) is 11.1 Å². The monoisotopic (exact) mass is 254 g/mol. The van der Waals surface area contributed by atoms with Crippen molar-refractivity contribution in [2.45, 2.75) is 39.3 Å². The number of alkyl halides is 1. The van der Waals surface area contributed by atoms with Crippen molar-refractivity contribution in [3.8, 4) is 11.1 Å². The summed E-state index contributed by atoms with van der Waals surface area (Å²) in [7, 11) is 0. The van der Waals surface area contributed by atoms with Gasteiger partial charge in [0.2, 0.25) is 0 Å². The van der Waals surface area contributed by atoms with E-state index in [9.17, 15) is 4.39 Å². The Morgan fingerprint density at radius 2 is 1.89 bits per heavy atom. The van der Waals surface area contributed by atoms with E-state index in [1.807, 2.05) is 13.0 Å². The van der Waals surface area contributed by atoms with Gasteiger partial charge in [0.25, 0.3) is 0 Å². The molecule has 0 amide bonds. The molecule has 2 aromatic rings. The van der Waals surface area contributed by atoms with Crippen molar-refractivity contribution in [2.24, 2.45) is 0 Å². The lowest BCUT2D eigenvalue weighted by atomic mass is 9.83. The highest BCUT2D eigenvalue weighted by Gasteiger charge is 2.24. The lowest BCUT2D eigenvalue weighted by Gasteiger charge is -2.24. The summed E-state index contributed by atoms with van der Waals surface area (Å²) in [6, 6.07) is 12.7. The average molecular weight is 254 g/mol. The van der Waals surface area contributed by atoms with Gasteiger partial charge in [-0.25, -0.2) is 4.39 Å². The van der Waals surface area contributed by atoms with Gasteiger partial charge in [-0.3, -0.25) is 0 Å². The molecule has 0 aliphatic heterocycles. The van der Waals surface area contributed by atoms with E-state index in [-0.39, 0.29) is 0 Å². The maximum absolute atomic E-state index is 14.4. The third kappa shape index (κ3) is 2.18. The number of hydrogen-bond donors (Lipinski definition) is 0. The fourth-order valence-electron chi connectivity index (χ4n) is 3.01. The molecule has 1 unspecified atom stereocenters. The van der Waals surface area contributed by atoms with Crippen LogP contribution in [-0.4, -0.2) is 0 Å². The summed E-state index contributed by atoms with van der Waals surface area (Å²) >= 11 is 0. The molecule has 0 heterocycles. The van der Waals surface area contributed by atoms with Gasteiger partial charge >= 0.3 is 0 Å². The SMILES string of the molecule is CCCc1ccc2c(c1)CC(F)c1cc(C)ccc1-2. The summed E-state index contributed by atoms with van der Waals surface area (Å²) in [5.41, 5.74) is 6.76. The van der Waals surface area contributed by atoms with Crippen molar-refractivity contribution in [3.63, 3.8) is 0 Å². The second-order valence-corrected chi connectivity index (χ2v) is 5.50. The zero-order chi connectivity index (χ0) is 13.4. The molecule has 0 aromatic heterocycles. The van der Waals surface area contributed by atoms with Crippen LogP contribution < -0.4 is 0 Å². The van der Waals surface area contributed by atoms with Gasteiger partial charge in [0.05, 0.1) is 0 Å². The van der Waals surface area contributed by atoms with Crippen molar-refractivity contribution in [3.05, 3.63) is 58.7 Å². The van der Waals surface area contributed by atoms with E-state index < -0.39 is 6.17 Å². The van der Waals surface area contributed by atoms with Gasteiger partial charge in [-0.05, 0) is 41.2 Å². The number of benzene rings is 2. The predicted molar refractivity (Wildman–Crippen MR) is 78.2 cm³/mol. The first-order valence-corrected chi connectivity index (χ1v) is 7.06. The third-order valence-corrected chi connectivity index (χ3v) is 3.94.